The van der Waals surface area contributed by atoms with E-state index in [0.717, 1.165) is 11.3 Å². The first-order chi connectivity index (χ1) is 6.24. The Hall–Kier alpha value is -0.800. The topological polar surface area (TPSA) is 26.0 Å². The number of benzene rings is 1. The van der Waals surface area contributed by atoms with E-state index in [2.05, 4.69) is 12.6 Å². The molecule has 1 aromatic rings. The minimum Gasteiger partial charge on any atom is -0.384 e. The van der Waals surface area contributed by atoms with Crippen molar-refractivity contribution >= 4 is 28.3 Å². The Kier molecular flexibility index (Phi) is 3.99. The highest BCUT2D eigenvalue weighted by Gasteiger charge is 2.01. The third kappa shape index (κ3) is 3.20. The Morgan fingerprint density at radius 2 is 2.23 bits per heavy atom. The van der Waals surface area contributed by atoms with Gasteiger partial charge < -0.3 is 5.73 Å². The van der Waals surface area contributed by atoms with Gasteiger partial charge in [0, 0.05) is 4.90 Å². The summed E-state index contributed by atoms with van der Waals surface area (Å²) < 4.78 is 0.455. The minimum atomic E-state index is 0.455. The van der Waals surface area contributed by atoms with Gasteiger partial charge in [-0.05, 0) is 18.1 Å². The second kappa shape index (κ2) is 5.04. The molecule has 0 heterocycles. The molecule has 0 spiro atoms. The average molecular weight is 209 g/mol. The van der Waals surface area contributed by atoms with Gasteiger partial charge in [0.1, 0.15) is 4.32 Å². The Labute approximate surface area is 88.0 Å². The molecule has 1 aromatic carbocycles. The van der Waals surface area contributed by atoms with Crippen molar-refractivity contribution in [3.8, 4) is 0 Å². The number of allylic oxidation sites excluding steroid dienone is 1. The normalized spacial score (nSPS) is 9.54. The highest BCUT2D eigenvalue weighted by molar-refractivity contribution is 8.23. The smallest absolute Gasteiger partial charge is 0.136 e. The van der Waals surface area contributed by atoms with E-state index in [0.29, 0.717) is 4.32 Å². The zero-order chi connectivity index (χ0) is 9.68. The van der Waals surface area contributed by atoms with Crippen molar-refractivity contribution in [3.05, 3.63) is 42.5 Å². The van der Waals surface area contributed by atoms with Crippen LogP contribution in [-0.2, 0) is 6.42 Å². The lowest BCUT2D eigenvalue weighted by atomic mass is 10.1. The fourth-order valence-corrected chi connectivity index (χ4v) is 1.95. The molecule has 0 amide bonds. The van der Waals surface area contributed by atoms with Crippen LogP contribution in [-0.4, -0.2) is 4.32 Å². The summed E-state index contributed by atoms with van der Waals surface area (Å²) in [5.74, 6) is 0. The van der Waals surface area contributed by atoms with Crippen LogP contribution in [0.25, 0.3) is 0 Å². The second-order valence-corrected chi connectivity index (χ2v) is 4.30. The molecule has 0 aliphatic heterocycles. The van der Waals surface area contributed by atoms with Crippen molar-refractivity contribution in [2.24, 2.45) is 5.73 Å². The van der Waals surface area contributed by atoms with Gasteiger partial charge in [0.15, 0.2) is 0 Å². The van der Waals surface area contributed by atoms with Crippen LogP contribution in [0.2, 0.25) is 0 Å². The van der Waals surface area contributed by atoms with Crippen LogP contribution in [0.1, 0.15) is 5.56 Å². The van der Waals surface area contributed by atoms with E-state index in [4.69, 9.17) is 18.0 Å². The van der Waals surface area contributed by atoms with Crippen molar-refractivity contribution in [1.82, 2.24) is 0 Å². The average Bonchev–Trinajstić information content (AvgIpc) is 2.08. The highest BCUT2D eigenvalue weighted by Crippen LogP contribution is 2.22. The van der Waals surface area contributed by atoms with Crippen LogP contribution in [0.5, 0.6) is 0 Å². The highest BCUT2D eigenvalue weighted by atomic mass is 32.2. The van der Waals surface area contributed by atoms with Gasteiger partial charge in [0.25, 0.3) is 0 Å². The SMILES string of the molecule is C=CCc1ccccc1SC(N)=S. The maximum Gasteiger partial charge on any atom is 0.136 e. The molecule has 1 nitrogen and oxygen atoms in total. The van der Waals surface area contributed by atoms with Crippen molar-refractivity contribution in [2.75, 3.05) is 0 Å². The molecule has 0 fully saturated rings. The molecule has 0 saturated carbocycles. The quantitative estimate of drug-likeness (QED) is 0.471. The van der Waals surface area contributed by atoms with Gasteiger partial charge in [-0.15, -0.1) is 6.58 Å². The van der Waals surface area contributed by atoms with Gasteiger partial charge in [-0.25, -0.2) is 0 Å². The van der Waals surface area contributed by atoms with E-state index in [9.17, 15) is 0 Å². The molecule has 0 aliphatic carbocycles. The van der Waals surface area contributed by atoms with Gasteiger partial charge in [-0.2, -0.15) is 0 Å². The van der Waals surface area contributed by atoms with Gasteiger partial charge in [-0.1, -0.05) is 48.3 Å². The zero-order valence-electron chi connectivity index (χ0n) is 7.19. The predicted octanol–water partition coefficient (Wildman–Crippen LogP) is 2.75. The largest absolute Gasteiger partial charge is 0.384 e. The van der Waals surface area contributed by atoms with Crippen LogP contribution in [0.3, 0.4) is 0 Å². The van der Waals surface area contributed by atoms with Gasteiger partial charge in [0.05, 0.1) is 0 Å². The van der Waals surface area contributed by atoms with Gasteiger partial charge >= 0.3 is 0 Å². The first kappa shape index (κ1) is 10.3. The summed E-state index contributed by atoms with van der Waals surface area (Å²) in [5, 5.41) is 0. The van der Waals surface area contributed by atoms with E-state index < -0.39 is 0 Å². The molecule has 0 bridgehead atoms. The van der Waals surface area contributed by atoms with Crippen molar-refractivity contribution in [3.63, 3.8) is 0 Å². The van der Waals surface area contributed by atoms with Gasteiger partial charge in [-0.3, -0.25) is 0 Å². The first-order valence-corrected chi connectivity index (χ1v) is 5.12. The number of thiocarbonyl (C=S) groups is 1. The van der Waals surface area contributed by atoms with E-state index in [1.54, 1.807) is 0 Å². The summed E-state index contributed by atoms with van der Waals surface area (Å²) in [4.78, 5) is 1.12. The molecular weight excluding hydrogens is 198 g/mol. The maximum absolute atomic E-state index is 5.46. The Morgan fingerprint density at radius 1 is 1.54 bits per heavy atom. The summed E-state index contributed by atoms with van der Waals surface area (Å²) in [5.41, 5.74) is 6.68. The molecule has 1 rings (SSSR count). The van der Waals surface area contributed by atoms with Crippen molar-refractivity contribution in [2.45, 2.75) is 11.3 Å². The summed E-state index contributed by atoms with van der Waals surface area (Å²) >= 11 is 6.26. The molecule has 0 saturated heterocycles. The van der Waals surface area contributed by atoms with Crippen LogP contribution in [0.15, 0.2) is 41.8 Å². The molecule has 0 aliphatic rings. The molecule has 0 radical (unpaired) electrons. The lowest BCUT2D eigenvalue weighted by Crippen LogP contribution is -2.02. The van der Waals surface area contributed by atoms with E-state index >= 15 is 0 Å². The lowest BCUT2D eigenvalue weighted by Gasteiger charge is -2.04. The third-order valence-electron chi connectivity index (χ3n) is 1.55. The Morgan fingerprint density at radius 3 is 2.85 bits per heavy atom. The summed E-state index contributed by atoms with van der Waals surface area (Å²) in [7, 11) is 0. The number of thioether (sulfide) groups is 1. The summed E-state index contributed by atoms with van der Waals surface area (Å²) in [6, 6.07) is 8.06. The second-order valence-electron chi connectivity index (χ2n) is 2.52. The minimum absolute atomic E-state index is 0.455. The van der Waals surface area contributed by atoms with Crippen LogP contribution < -0.4 is 5.73 Å². The molecule has 0 atom stereocenters. The van der Waals surface area contributed by atoms with Crippen LogP contribution >= 0.6 is 24.0 Å². The van der Waals surface area contributed by atoms with Gasteiger partial charge in [0.2, 0.25) is 0 Å². The van der Waals surface area contributed by atoms with E-state index in [1.165, 1.54) is 17.3 Å². The fraction of sp³-hybridized carbons (Fsp3) is 0.100. The summed E-state index contributed by atoms with van der Waals surface area (Å²) in [6.07, 6.45) is 2.73. The van der Waals surface area contributed by atoms with E-state index in [1.807, 2.05) is 24.3 Å². The fourth-order valence-electron chi connectivity index (χ4n) is 1.04. The molecule has 3 heteroatoms. The molecule has 13 heavy (non-hydrogen) atoms. The standard InChI is InChI=1S/C10H11NS2/c1-2-5-8-6-3-4-7-9(8)13-10(11)12/h2-4,6-7H,1,5H2,(H2,11,12). The van der Waals surface area contributed by atoms with E-state index in [-0.39, 0.29) is 0 Å². The Bertz CT molecular complexity index is 320. The predicted molar refractivity (Wildman–Crippen MR) is 63.0 cm³/mol. The maximum atomic E-state index is 5.46. The molecule has 0 aromatic heterocycles. The summed E-state index contributed by atoms with van der Waals surface area (Å²) in [6.45, 7) is 3.70. The molecular formula is C10H11NS2. The third-order valence-corrected chi connectivity index (χ3v) is 2.62. The molecule has 2 N–H and O–H groups in total. The van der Waals surface area contributed by atoms with Crippen LogP contribution in [0.4, 0.5) is 0 Å². The number of hydrogen-bond acceptors (Lipinski definition) is 2. The number of rotatable bonds is 3. The van der Waals surface area contributed by atoms with Crippen LogP contribution in [0, 0.1) is 0 Å². The van der Waals surface area contributed by atoms with Crippen molar-refractivity contribution < 1.29 is 0 Å². The number of hydrogen-bond donors (Lipinski definition) is 1. The van der Waals surface area contributed by atoms with Crippen molar-refractivity contribution in [1.29, 1.82) is 0 Å². The molecule has 0 unspecified atom stereocenters. The molecule has 68 valence electrons. The Balaban J connectivity index is 2.90. The monoisotopic (exact) mass is 209 g/mol. The number of nitrogens with two attached hydrogens (primary N) is 1. The zero-order valence-corrected chi connectivity index (χ0v) is 8.83. The first-order valence-electron chi connectivity index (χ1n) is 3.90. The lowest BCUT2D eigenvalue weighted by molar-refractivity contribution is 1.19.